The summed E-state index contributed by atoms with van der Waals surface area (Å²) in [4.78, 5) is 13.7. The molecule has 1 atom stereocenters. The third kappa shape index (κ3) is 4.41. The highest BCUT2D eigenvalue weighted by Gasteiger charge is 2.20. The zero-order chi connectivity index (χ0) is 15.9. The van der Waals surface area contributed by atoms with E-state index in [-0.39, 0.29) is 12.0 Å². The molecule has 0 radical (unpaired) electrons. The Balaban J connectivity index is 1.78. The van der Waals surface area contributed by atoms with Crippen LogP contribution >= 0.6 is 12.1 Å². The summed E-state index contributed by atoms with van der Waals surface area (Å²) in [6, 6.07) is 7.75. The normalized spacial score (nSPS) is 16.9. The minimum atomic E-state index is -0.315. The van der Waals surface area contributed by atoms with E-state index in [2.05, 4.69) is 32.0 Å². The van der Waals surface area contributed by atoms with Crippen molar-refractivity contribution in [2.45, 2.75) is 13.0 Å². The first-order valence-electron chi connectivity index (χ1n) is 7.21. The van der Waals surface area contributed by atoms with Gasteiger partial charge in [0.05, 0.1) is 7.11 Å². The van der Waals surface area contributed by atoms with Crippen LogP contribution in [0.3, 0.4) is 0 Å². The Kier molecular flexibility index (Phi) is 6.13. The molecule has 1 aromatic carbocycles. The molecule has 0 saturated carbocycles. The summed E-state index contributed by atoms with van der Waals surface area (Å²) in [5.74, 6) is 2.38. The molecule has 0 unspecified atom stereocenters. The van der Waals surface area contributed by atoms with Crippen LogP contribution < -0.4 is 9.62 Å². The quantitative estimate of drug-likeness (QED) is 0.504. The highest BCUT2D eigenvalue weighted by molar-refractivity contribution is 7.95. The summed E-state index contributed by atoms with van der Waals surface area (Å²) < 4.78 is 10.0. The first kappa shape index (κ1) is 16.7. The molecule has 1 aliphatic heterocycles. The maximum Gasteiger partial charge on any atom is 0.323 e. The molecule has 1 aromatic rings. The number of anilines is 1. The van der Waals surface area contributed by atoms with Crippen LogP contribution in [-0.2, 0) is 9.53 Å². The Morgan fingerprint density at radius 2 is 1.95 bits per heavy atom. The van der Waals surface area contributed by atoms with Crippen LogP contribution in [0.15, 0.2) is 24.3 Å². The lowest BCUT2D eigenvalue weighted by atomic mass is 10.2. The molecule has 5 nitrogen and oxygen atoms in total. The van der Waals surface area contributed by atoms with Gasteiger partial charge < -0.3 is 9.64 Å². The number of carbonyl (C=O) groups excluding carboxylic acids is 1. The molecule has 1 N–H and O–H groups in total. The third-order valence-electron chi connectivity index (χ3n) is 3.55. The number of esters is 1. The zero-order valence-electron chi connectivity index (χ0n) is 12.9. The average molecular weight is 319 g/mol. The van der Waals surface area contributed by atoms with Crippen LogP contribution in [0.5, 0.6) is 0 Å². The first-order valence-corrected chi connectivity index (χ1v) is 7.98. The van der Waals surface area contributed by atoms with Gasteiger partial charge >= 0.3 is 5.97 Å². The lowest BCUT2D eigenvalue weighted by molar-refractivity contribution is -0.142. The monoisotopic (exact) mass is 319 g/mol. The number of nitrogens with one attached hydrogen (secondary N) is 1. The van der Waals surface area contributed by atoms with Crippen molar-refractivity contribution in [2.24, 2.45) is 0 Å². The Labute approximate surface area is 136 Å². The van der Waals surface area contributed by atoms with Gasteiger partial charge in [0, 0.05) is 49.6 Å². The lowest BCUT2D eigenvalue weighted by Gasteiger charge is -2.35. The van der Waals surface area contributed by atoms with Crippen molar-refractivity contribution in [1.29, 1.82) is 0 Å². The molecular formula is C16H21N3O2S. The molecule has 6 heteroatoms. The molecule has 1 fully saturated rings. The average Bonchev–Trinajstić information content (AvgIpc) is 2.59. The maximum atomic E-state index is 11.3. The topological polar surface area (TPSA) is 44.8 Å². The van der Waals surface area contributed by atoms with Crippen molar-refractivity contribution in [3.63, 3.8) is 0 Å². The number of benzene rings is 1. The molecule has 1 aliphatic rings. The predicted octanol–water partition coefficient (Wildman–Crippen LogP) is 1.50. The van der Waals surface area contributed by atoms with Crippen molar-refractivity contribution >= 4 is 23.8 Å². The Morgan fingerprint density at radius 3 is 2.50 bits per heavy atom. The third-order valence-corrected chi connectivity index (χ3v) is 4.63. The predicted molar refractivity (Wildman–Crippen MR) is 90.4 cm³/mol. The van der Waals surface area contributed by atoms with Crippen LogP contribution in [0.1, 0.15) is 12.5 Å². The largest absolute Gasteiger partial charge is 0.468 e. The summed E-state index contributed by atoms with van der Waals surface area (Å²) in [5.41, 5.74) is 2.10. The van der Waals surface area contributed by atoms with E-state index in [4.69, 9.17) is 11.2 Å². The molecule has 2 rings (SSSR count). The second kappa shape index (κ2) is 8.08. The van der Waals surface area contributed by atoms with Gasteiger partial charge in [0.1, 0.15) is 6.04 Å². The standard InChI is InChI=1S/C16H21N3O2S/c1-4-14-5-7-15(8-6-14)18-9-11-19(12-10-18)22-17-13(2)16(20)21-3/h1,5-8,13,17H,9-12H2,2-3H3/t13-/m1/s1. The summed E-state index contributed by atoms with van der Waals surface area (Å²) >= 11 is 1.48. The molecule has 118 valence electrons. The number of rotatable bonds is 5. The summed E-state index contributed by atoms with van der Waals surface area (Å²) in [6.07, 6.45) is 5.37. The fraction of sp³-hybridized carbons (Fsp3) is 0.438. The number of hydrogen-bond donors (Lipinski definition) is 1. The second-order valence-electron chi connectivity index (χ2n) is 5.06. The number of ether oxygens (including phenoxy) is 1. The van der Waals surface area contributed by atoms with Crippen LogP contribution in [-0.4, -0.2) is 49.6 Å². The van der Waals surface area contributed by atoms with Crippen LogP contribution in [0.4, 0.5) is 5.69 Å². The SMILES string of the molecule is C#Cc1ccc(N2CCN(SN[C@H](C)C(=O)OC)CC2)cc1. The Bertz CT molecular complexity index is 533. The van der Waals surface area contributed by atoms with Crippen molar-refractivity contribution in [3.05, 3.63) is 29.8 Å². The summed E-state index contributed by atoms with van der Waals surface area (Å²) in [5, 5.41) is 0. The smallest absolute Gasteiger partial charge is 0.323 e. The highest BCUT2D eigenvalue weighted by Crippen LogP contribution is 2.19. The molecule has 22 heavy (non-hydrogen) atoms. The molecular weight excluding hydrogens is 298 g/mol. The molecule has 0 aliphatic carbocycles. The number of nitrogens with zero attached hydrogens (tertiary/aromatic N) is 2. The van der Waals surface area contributed by atoms with E-state index in [0.717, 1.165) is 31.7 Å². The zero-order valence-corrected chi connectivity index (χ0v) is 13.7. The van der Waals surface area contributed by atoms with E-state index >= 15 is 0 Å². The van der Waals surface area contributed by atoms with E-state index < -0.39 is 0 Å². The molecule has 1 heterocycles. The number of piperazine rings is 1. The van der Waals surface area contributed by atoms with Gasteiger partial charge in [0.15, 0.2) is 0 Å². The second-order valence-corrected chi connectivity index (χ2v) is 6.00. The van der Waals surface area contributed by atoms with E-state index in [1.165, 1.54) is 24.9 Å². The van der Waals surface area contributed by atoms with Gasteiger partial charge in [-0.2, -0.15) is 0 Å². The Morgan fingerprint density at radius 1 is 1.32 bits per heavy atom. The van der Waals surface area contributed by atoms with E-state index in [0.29, 0.717) is 0 Å². The first-order chi connectivity index (χ1) is 10.6. The lowest BCUT2D eigenvalue weighted by Crippen LogP contribution is -2.45. The maximum absolute atomic E-state index is 11.3. The minimum Gasteiger partial charge on any atom is -0.468 e. The van der Waals surface area contributed by atoms with E-state index in [1.54, 1.807) is 6.92 Å². The molecule has 0 amide bonds. The number of methoxy groups -OCH3 is 1. The number of carbonyl (C=O) groups is 1. The van der Waals surface area contributed by atoms with Gasteiger partial charge in [-0.25, -0.2) is 9.03 Å². The summed E-state index contributed by atoms with van der Waals surface area (Å²) in [6.45, 7) is 5.51. The number of hydrogen-bond acceptors (Lipinski definition) is 6. The van der Waals surface area contributed by atoms with Crippen molar-refractivity contribution < 1.29 is 9.53 Å². The van der Waals surface area contributed by atoms with Crippen molar-refractivity contribution in [3.8, 4) is 12.3 Å². The minimum absolute atomic E-state index is 0.250. The van der Waals surface area contributed by atoms with Gasteiger partial charge in [-0.15, -0.1) is 6.42 Å². The number of terminal acetylenes is 1. The van der Waals surface area contributed by atoms with Gasteiger partial charge in [-0.3, -0.25) is 4.79 Å². The van der Waals surface area contributed by atoms with Gasteiger partial charge in [-0.05, 0) is 31.2 Å². The molecule has 0 spiro atoms. The van der Waals surface area contributed by atoms with Gasteiger partial charge in [-0.1, -0.05) is 5.92 Å². The summed E-state index contributed by atoms with van der Waals surface area (Å²) in [7, 11) is 1.40. The van der Waals surface area contributed by atoms with E-state index in [1.807, 2.05) is 12.1 Å². The molecule has 1 saturated heterocycles. The molecule has 0 aromatic heterocycles. The van der Waals surface area contributed by atoms with Gasteiger partial charge in [0.2, 0.25) is 0 Å². The van der Waals surface area contributed by atoms with Gasteiger partial charge in [0.25, 0.3) is 0 Å². The van der Waals surface area contributed by atoms with Crippen molar-refractivity contribution in [2.75, 3.05) is 38.2 Å². The van der Waals surface area contributed by atoms with Crippen LogP contribution in [0.2, 0.25) is 0 Å². The van der Waals surface area contributed by atoms with Crippen LogP contribution in [0, 0.1) is 12.3 Å². The fourth-order valence-electron chi connectivity index (χ4n) is 2.18. The van der Waals surface area contributed by atoms with E-state index in [9.17, 15) is 4.79 Å². The van der Waals surface area contributed by atoms with Crippen molar-refractivity contribution in [1.82, 2.24) is 9.03 Å². The fourth-order valence-corrected chi connectivity index (χ4v) is 2.93. The highest BCUT2D eigenvalue weighted by atomic mass is 32.2. The molecule has 0 bridgehead atoms. The Hall–Kier alpha value is -1.68. The van der Waals surface area contributed by atoms with Crippen LogP contribution in [0.25, 0.3) is 0 Å².